The molecule has 1 heterocycles. The van der Waals surface area contributed by atoms with E-state index in [1.54, 1.807) is 6.07 Å². The molecule has 0 amide bonds. The minimum absolute atomic E-state index is 0.180. The van der Waals surface area contributed by atoms with Crippen LogP contribution in [0.4, 0.5) is 22.0 Å². The van der Waals surface area contributed by atoms with Gasteiger partial charge in [-0.15, -0.1) is 0 Å². The molecule has 0 atom stereocenters. The summed E-state index contributed by atoms with van der Waals surface area (Å²) in [4.78, 5) is 0. The summed E-state index contributed by atoms with van der Waals surface area (Å²) in [6.45, 7) is 0.672. The maximum absolute atomic E-state index is 14.3. The first-order valence-corrected chi connectivity index (χ1v) is 13.4. The molecule has 7 heteroatoms. The molecule has 1 saturated heterocycles. The maximum Gasteiger partial charge on any atom is 0.340 e. The van der Waals surface area contributed by atoms with Gasteiger partial charge < -0.3 is 4.74 Å². The fourth-order valence-electron chi connectivity index (χ4n) is 4.22. The van der Waals surface area contributed by atoms with E-state index in [1.807, 2.05) is 12.1 Å². The Kier molecular flexibility index (Phi) is 8.74. The minimum atomic E-state index is -4.32. The van der Waals surface area contributed by atoms with E-state index in [-0.39, 0.29) is 8.80 Å². The zero-order chi connectivity index (χ0) is 23.1. The largest absolute Gasteiger partial charge is 0.484 e. The predicted molar refractivity (Wildman–Crippen MR) is 120 cm³/mol. The number of unbranched alkanes of at least 4 members (excludes halogenated alkanes) is 2. The Balaban J connectivity index is 1.57. The normalized spacial score (nSPS) is 16.0. The number of ether oxygens (including phenoxy) is 1. The van der Waals surface area contributed by atoms with E-state index in [0.29, 0.717) is 11.5 Å². The van der Waals surface area contributed by atoms with Gasteiger partial charge in [-0.1, -0.05) is 74.7 Å². The summed E-state index contributed by atoms with van der Waals surface area (Å²) in [6.07, 6.45) is 2.61. The zero-order valence-corrected chi connectivity index (χ0v) is 19.4. The van der Waals surface area contributed by atoms with E-state index in [2.05, 4.69) is 23.8 Å². The predicted octanol–water partition coefficient (Wildman–Crippen LogP) is 8.33. The van der Waals surface area contributed by atoms with Crippen LogP contribution in [0.5, 0.6) is 5.75 Å². The van der Waals surface area contributed by atoms with Crippen LogP contribution in [0.1, 0.15) is 50.5 Å². The molecule has 1 fully saturated rings. The van der Waals surface area contributed by atoms with Crippen LogP contribution in [-0.2, 0) is 0 Å². The summed E-state index contributed by atoms with van der Waals surface area (Å²) in [5.41, 5.74) is 2.68. The quantitative estimate of drug-likeness (QED) is 0.193. The second-order valence-corrected chi connectivity index (χ2v) is 11.6. The second kappa shape index (κ2) is 11.3. The van der Waals surface area contributed by atoms with Crippen LogP contribution in [0.2, 0.25) is 18.1 Å². The van der Waals surface area contributed by atoms with Crippen molar-refractivity contribution < 1.29 is 26.7 Å². The van der Waals surface area contributed by atoms with Crippen molar-refractivity contribution in [2.75, 3.05) is 6.61 Å². The molecule has 175 valence electrons. The minimum Gasteiger partial charge on any atom is -0.484 e. The van der Waals surface area contributed by atoms with Gasteiger partial charge in [0.2, 0.25) is 0 Å². The van der Waals surface area contributed by atoms with Crippen LogP contribution < -0.4 is 4.74 Å². The van der Waals surface area contributed by atoms with Gasteiger partial charge in [-0.05, 0) is 47.6 Å². The van der Waals surface area contributed by atoms with Gasteiger partial charge in [-0.2, -0.15) is 8.78 Å². The standard InChI is InChI=1S/C25H30F5OSi/c1-2-3-4-13-32-14-11-20(12-15-32)18-5-7-19(8-6-18)21-9-10-23(22(26)16-21)31-17-25(29,30)24(27)28/h5-10,16,20,24H,2-4,11-15,17H2,1H3. The summed E-state index contributed by atoms with van der Waals surface area (Å²) in [7, 11) is -0.180. The molecule has 32 heavy (non-hydrogen) atoms. The molecule has 0 bridgehead atoms. The Bertz CT molecular complexity index is 848. The number of halogens is 5. The Morgan fingerprint density at radius 3 is 2.25 bits per heavy atom. The van der Waals surface area contributed by atoms with E-state index in [0.717, 1.165) is 5.56 Å². The van der Waals surface area contributed by atoms with Crippen LogP contribution in [-0.4, -0.2) is 27.8 Å². The van der Waals surface area contributed by atoms with Crippen molar-refractivity contribution in [1.29, 1.82) is 0 Å². The molecular weight excluding hydrogens is 439 g/mol. The molecule has 2 aromatic rings. The summed E-state index contributed by atoms with van der Waals surface area (Å²) < 4.78 is 69.3. The third-order valence-corrected chi connectivity index (χ3v) is 9.27. The van der Waals surface area contributed by atoms with Crippen molar-refractivity contribution in [2.45, 2.75) is 75.4 Å². The molecule has 1 radical (unpaired) electrons. The molecular formula is C25H30F5OSi. The molecule has 2 aromatic carbocycles. The maximum atomic E-state index is 14.3. The lowest BCUT2D eigenvalue weighted by Gasteiger charge is -2.28. The third-order valence-electron chi connectivity index (χ3n) is 6.21. The van der Waals surface area contributed by atoms with Gasteiger partial charge in [-0.25, -0.2) is 13.2 Å². The topological polar surface area (TPSA) is 9.23 Å². The van der Waals surface area contributed by atoms with Gasteiger partial charge in [0.15, 0.2) is 18.2 Å². The van der Waals surface area contributed by atoms with Gasteiger partial charge in [-0.3, -0.25) is 0 Å². The fourth-order valence-corrected chi connectivity index (χ4v) is 7.23. The molecule has 0 unspecified atom stereocenters. The first-order chi connectivity index (χ1) is 15.3. The molecule has 1 nitrogen and oxygen atoms in total. The van der Waals surface area contributed by atoms with Gasteiger partial charge in [0.1, 0.15) is 0 Å². The van der Waals surface area contributed by atoms with Crippen molar-refractivity contribution in [3.05, 3.63) is 53.8 Å². The lowest BCUT2D eigenvalue weighted by Crippen LogP contribution is -2.33. The Morgan fingerprint density at radius 2 is 1.66 bits per heavy atom. The van der Waals surface area contributed by atoms with Crippen molar-refractivity contribution >= 4 is 8.80 Å². The highest BCUT2D eigenvalue weighted by atomic mass is 28.3. The average molecular weight is 470 g/mol. The molecule has 0 spiro atoms. The third kappa shape index (κ3) is 6.56. The Morgan fingerprint density at radius 1 is 1.00 bits per heavy atom. The highest BCUT2D eigenvalue weighted by Gasteiger charge is 2.41. The average Bonchev–Trinajstić information content (AvgIpc) is 2.79. The molecule has 1 aliphatic heterocycles. The lowest BCUT2D eigenvalue weighted by atomic mass is 9.92. The van der Waals surface area contributed by atoms with Gasteiger partial charge in [0.05, 0.1) is 0 Å². The SMILES string of the molecule is CCCCC[Si]1CCC(c2ccc(-c3ccc(OCC(F)(F)C(F)F)c(F)c3)cc2)CC1. The van der Waals surface area contributed by atoms with E-state index in [1.165, 1.54) is 67.9 Å². The molecule has 0 N–H and O–H groups in total. The zero-order valence-electron chi connectivity index (χ0n) is 18.4. The molecule has 0 saturated carbocycles. The monoisotopic (exact) mass is 469 g/mol. The van der Waals surface area contributed by atoms with Crippen molar-refractivity contribution in [1.82, 2.24) is 0 Å². The van der Waals surface area contributed by atoms with E-state index in [9.17, 15) is 22.0 Å². The smallest absolute Gasteiger partial charge is 0.340 e. The number of hydrogen-bond donors (Lipinski definition) is 0. The first kappa shape index (κ1) is 24.7. The fraction of sp³-hybridized carbons (Fsp3) is 0.520. The second-order valence-electron chi connectivity index (χ2n) is 8.60. The first-order valence-electron chi connectivity index (χ1n) is 11.3. The summed E-state index contributed by atoms with van der Waals surface area (Å²) >= 11 is 0. The molecule has 0 aliphatic carbocycles. The highest BCUT2D eigenvalue weighted by molar-refractivity contribution is 6.59. The Hall–Kier alpha value is -1.89. The van der Waals surface area contributed by atoms with Crippen LogP contribution in [0.3, 0.4) is 0 Å². The number of benzene rings is 2. The van der Waals surface area contributed by atoms with Gasteiger partial charge in [0, 0.05) is 8.80 Å². The molecule has 3 rings (SSSR count). The van der Waals surface area contributed by atoms with Crippen LogP contribution in [0.15, 0.2) is 42.5 Å². The summed E-state index contributed by atoms with van der Waals surface area (Å²) in [6, 6.07) is 16.2. The summed E-state index contributed by atoms with van der Waals surface area (Å²) in [5, 5.41) is 0. The summed E-state index contributed by atoms with van der Waals surface area (Å²) in [5.74, 6) is -5.07. The molecule has 0 aromatic heterocycles. The number of alkyl halides is 4. The van der Waals surface area contributed by atoms with Gasteiger partial charge >= 0.3 is 12.3 Å². The van der Waals surface area contributed by atoms with E-state index in [4.69, 9.17) is 0 Å². The highest BCUT2D eigenvalue weighted by Crippen LogP contribution is 2.36. The van der Waals surface area contributed by atoms with Crippen molar-refractivity contribution in [2.24, 2.45) is 0 Å². The number of hydrogen-bond acceptors (Lipinski definition) is 1. The van der Waals surface area contributed by atoms with Crippen LogP contribution in [0, 0.1) is 5.82 Å². The Labute approximate surface area is 188 Å². The molecule has 1 aliphatic rings. The van der Waals surface area contributed by atoms with Gasteiger partial charge in [0.25, 0.3) is 0 Å². The van der Waals surface area contributed by atoms with Crippen molar-refractivity contribution in [3.63, 3.8) is 0 Å². The van der Waals surface area contributed by atoms with E-state index >= 15 is 0 Å². The lowest BCUT2D eigenvalue weighted by molar-refractivity contribution is -0.148. The number of rotatable bonds is 10. The van der Waals surface area contributed by atoms with Crippen LogP contribution in [0.25, 0.3) is 11.1 Å². The van der Waals surface area contributed by atoms with E-state index < -0.39 is 30.5 Å². The van der Waals surface area contributed by atoms with Crippen molar-refractivity contribution in [3.8, 4) is 16.9 Å². The van der Waals surface area contributed by atoms with Crippen LogP contribution >= 0.6 is 0 Å².